The molecule has 0 aromatic heterocycles. The molecule has 0 atom stereocenters. The molecule has 0 radical (unpaired) electrons. The van der Waals surface area contributed by atoms with Gasteiger partial charge in [0.15, 0.2) is 0 Å². The van der Waals surface area contributed by atoms with Gasteiger partial charge in [-0.2, -0.15) is 5.26 Å². The summed E-state index contributed by atoms with van der Waals surface area (Å²) in [6, 6.07) is 11.4. The molecule has 0 bridgehead atoms. The zero-order valence-electron chi connectivity index (χ0n) is 7.49. The molecule has 0 aromatic rings. The van der Waals surface area contributed by atoms with Gasteiger partial charge in [0.05, 0.1) is 16.9 Å². The molecule has 0 heterocycles. The molecule has 68 valence electrons. The van der Waals surface area contributed by atoms with E-state index in [1.54, 1.807) is 0 Å². The van der Waals surface area contributed by atoms with Gasteiger partial charge >= 0.3 is 0 Å². The van der Waals surface area contributed by atoms with Crippen LogP contribution in [0.4, 0.5) is 11.4 Å². The Morgan fingerprint density at radius 3 is 2.21 bits per heavy atom. The van der Waals surface area contributed by atoms with Crippen molar-refractivity contribution < 1.29 is 0 Å². The molecule has 2 rings (SSSR count). The van der Waals surface area contributed by atoms with E-state index in [-0.39, 0.29) is 0 Å². The second-order valence-electron chi connectivity index (χ2n) is 3.05. The van der Waals surface area contributed by atoms with Gasteiger partial charge in [0.1, 0.15) is 6.07 Å². The third kappa shape index (κ3) is 0.979. The first-order valence-corrected chi connectivity index (χ1v) is 4.21. The lowest BCUT2D eigenvalue weighted by atomic mass is 10.1. The van der Waals surface area contributed by atoms with Crippen LogP contribution in [0.5, 0.6) is 0 Å². The molecule has 0 aliphatic heterocycles. The van der Waals surface area contributed by atoms with Crippen LogP contribution in [0.1, 0.15) is 5.56 Å². The van der Waals surface area contributed by atoms with Gasteiger partial charge in [-0.25, -0.2) is 0 Å². The molecule has 2 aliphatic rings. The van der Waals surface area contributed by atoms with Crippen molar-refractivity contribution in [1.82, 2.24) is 0 Å². The van der Waals surface area contributed by atoms with Crippen LogP contribution in [0.2, 0.25) is 0 Å². The maximum Gasteiger partial charge on any atom is 0.102 e. The molecule has 4 N–H and O–H groups in total. The number of hydrogen-bond donors (Lipinski definition) is 2. The number of nitrogen functional groups attached to an aromatic ring is 2. The Morgan fingerprint density at radius 2 is 1.57 bits per heavy atom. The van der Waals surface area contributed by atoms with Crippen molar-refractivity contribution >= 4 is 11.4 Å². The van der Waals surface area contributed by atoms with Gasteiger partial charge in [-0.1, -0.05) is 30.3 Å². The average molecular weight is 183 g/mol. The predicted octanol–water partition coefficient (Wildman–Crippen LogP) is 1.83. The summed E-state index contributed by atoms with van der Waals surface area (Å²) in [5.74, 6) is 0. The van der Waals surface area contributed by atoms with Crippen LogP contribution >= 0.6 is 0 Å². The van der Waals surface area contributed by atoms with E-state index in [9.17, 15) is 0 Å². The summed E-state index contributed by atoms with van der Waals surface area (Å²) in [6.45, 7) is 0. The first-order valence-electron chi connectivity index (χ1n) is 4.21. The number of hydrogen-bond acceptors (Lipinski definition) is 3. The fourth-order valence-corrected chi connectivity index (χ4v) is 1.55. The fourth-order valence-electron chi connectivity index (χ4n) is 1.55. The van der Waals surface area contributed by atoms with Crippen molar-refractivity contribution in [3.05, 3.63) is 35.9 Å². The van der Waals surface area contributed by atoms with E-state index in [1.165, 1.54) is 0 Å². The quantitative estimate of drug-likeness (QED) is 0.654. The molecule has 3 heteroatoms. The lowest BCUT2D eigenvalue weighted by molar-refractivity contribution is 1.51. The van der Waals surface area contributed by atoms with Crippen molar-refractivity contribution in [2.75, 3.05) is 11.5 Å². The smallest absolute Gasteiger partial charge is 0.102 e. The Hall–Kier alpha value is -2.21. The van der Waals surface area contributed by atoms with E-state index in [4.69, 9.17) is 16.7 Å². The highest BCUT2D eigenvalue weighted by Crippen LogP contribution is 2.39. The Morgan fingerprint density at radius 1 is 0.929 bits per heavy atom. The molecule has 0 unspecified atom stereocenters. The van der Waals surface area contributed by atoms with Crippen LogP contribution in [-0.4, -0.2) is 0 Å². The molecule has 2 aliphatic carbocycles. The summed E-state index contributed by atoms with van der Waals surface area (Å²) in [5, 5.41) is 8.93. The van der Waals surface area contributed by atoms with Crippen molar-refractivity contribution in [3.63, 3.8) is 0 Å². The van der Waals surface area contributed by atoms with Gasteiger partial charge in [-0.15, -0.1) is 0 Å². The number of nitriles is 1. The minimum atomic E-state index is 0.383. The summed E-state index contributed by atoms with van der Waals surface area (Å²) in [7, 11) is 0. The lowest BCUT2D eigenvalue weighted by Crippen LogP contribution is -1.91. The van der Waals surface area contributed by atoms with Gasteiger partial charge in [-0.05, 0) is 0 Å². The van der Waals surface area contributed by atoms with Crippen molar-refractivity contribution in [2.24, 2.45) is 0 Å². The molecule has 0 fully saturated rings. The van der Waals surface area contributed by atoms with Crippen LogP contribution in [0.25, 0.3) is 11.1 Å². The summed E-state index contributed by atoms with van der Waals surface area (Å²) in [5.41, 5.74) is 14.5. The van der Waals surface area contributed by atoms with Crippen LogP contribution in [0, 0.1) is 11.3 Å². The monoisotopic (exact) mass is 183 g/mol. The van der Waals surface area contributed by atoms with E-state index in [0.717, 1.165) is 11.1 Å². The third-order valence-electron chi connectivity index (χ3n) is 2.27. The number of nitrogens with two attached hydrogens (primary N) is 2. The normalized spacial score (nSPS) is 9.93. The molecule has 14 heavy (non-hydrogen) atoms. The maximum atomic E-state index is 8.93. The second kappa shape index (κ2) is 2.93. The third-order valence-corrected chi connectivity index (χ3v) is 2.27. The lowest BCUT2D eigenvalue weighted by Gasteiger charge is -1.92. The fraction of sp³-hybridized carbons (Fsp3) is 0. The first-order chi connectivity index (χ1) is 6.75. The van der Waals surface area contributed by atoms with E-state index in [1.807, 2.05) is 30.3 Å². The van der Waals surface area contributed by atoms with Crippen LogP contribution in [0.15, 0.2) is 30.3 Å². The molecule has 0 spiro atoms. The van der Waals surface area contributed by atoms with Crippen molar-refractivity contribution in [2.45, 2.75) is 0 Å². The molecular weight excluding hydrogens is 174 g/mol. The zero-order valence-corrected chi connectivity index (χ0v) is 7.49. The molecule has 0 saturated heterocycles. The first kappa shape index (κ1) is 8.39. The van der Waals surface area contributed by atoms with Gasteiger partial charge in [-0.3, -0.25) is 0 Å². The standard InChI is InChI=1S/C11H9N3/c12-6-9-7-4-2-1-3-5-8(7)10(13)11(9)14/h1-5H,13-14H2. The Kier molecular flexibility index (Phi) is 1.76. The van der Waals surface area contributed by atoms with Gasteiger partial charge in [0.2, 0.25) is 0 Å². The second-order valence-corrected chi connectivity index (χ2v) is 3.05. The van der Waals surface area contributed by atoms with E-state index < -0.39 is 0 Å². The highest BCUT2D eigenvalue weighted by molar-refractivity contribution is 5.96. The maximum absolute atomic E-state index is 8.93. The Balaban J connectivity index is 2.89. The molecule has 0 amide bonds. The van der Waals surface area contributed by atoms with E-state index in [0.29, 0.717) is 16.9 Å². The number of rotatable bonds is 0. The van der Waals surface area contributed by atoms with E-state index >= 15 is 0 Å². The molecule has 0 saturated carbocycles. The predicted molar refractivity (Wildman–Crippen MR) is 56.6 cm³/mol. The van der Waals surface area contributed by atoms with Gasteiger partial charge < -0.3 is 11.5 Å². The minimum Gasteiger partial charge on any atom is -0.397 e. The Labute approximate surface area is 81.9 Å². The van der Waals surface area contributed by atoms with Crippen LogP contribution < -0.4 is 11.5 Å². The van der Waals surface area contributed by atoms with Gasteiger partial charge in [0.25, 0.3) is 0 Å². The number of anilines is 2. The molecule has 0 aromatic carbocycles. The molecular formula is C11H9N3. The SMILES string of the molecule is N#Cc1c2cccccc-2c(N)c1N. The topological polar surface area (TPSA) is 75.8 Å². The van der Waals surface area contributed by atoms with Crippen LogP contribution in [-0.2, 0) is 0 Å². The largest absolute Gasteiger partial charge is 0.397 e. The van der Waals surface area contributed by atoms with Crippen LogP contribution in [0.3, 0.4) is 0 Å². The number of fused-ring (bicyclic) bond motifs is 1. The summed E-state index contributed by atoms with van der Waals surface area (Å²) >= 11 is 0. The van der Waals surface area contributed by atoms with Crippen molar-refractivity contribution in [3.8, 4) is 17.2 Å². The summed E-state index contributed by atoms with van der Waals surface area (Å²) in [6.07, 6.45) is 0. The average Bonchev–Trinajstić information content (AvgIpc) is 2.40. The summed E-state index contributed by atoms with van der Waals surface area (Å²) in [4.78, 5) is 0. The number of nitrogens with zero attached hydrogens (tertiary/aromatic N) is 1. The molecule has 3 nitrogen and oxygen atoms in total. The zero-order chi connectivity index (χ0) is 10.1. The minimum absolute atomic E-state index is 0.383. The van der Waals surface area contributed by atoms with E-state index in [2.05, 4.69) is 6.07 Å². The summed E-state index contributed by atoms with van der Waals surface area (Å²) < 4.78 is 0. The van der Waals surface area contributed by atoms with Crippen molar-refractivity contribution in [1.29, 1.82) is 5.26 Å². The highest BCUT2D eigenvalue weighted by Gasteiger charge is 2.17. The Bertz CT molecular complexity index is 497. The van der Waals surface area contributed by atoms with Gasteiger partial charge in [0, 0.05) is 11.1 Å². The highest BCUT2D eigenvalue weighted by atomic mass is 14.7.